The monoisotopic (exact) mass is 206 g/mol. The fraction of sp³-hybridized carbons (Fsp3) is 0.538. The molecule has 0 fully saturated rings. The molecule has 2 nitrogen and oxygen atoms in total. The minimum atomic E-state index is 0.0931. The van der Waals surface area contributed by atoms with Gasteiger partial charge in [0.15, 0.2) is 0 Å². The van der Waals surface area contributed by atoms with E-state index in [1.807, 2.05) is 6.07 Å². The van der Waals surface area contributed by atoms with Gasteiger partial charge in [-0.15, -0.1) is 0 Å². The van der Waals surface area contributed by atoms with Crippen LogP contribution < -0.4 is 10.6 Å². The van der Waals surface area contributed by atoms with Crippen LogP contribution in [0, 0.1) is 13.8 Å². The molecule has 0 bridgehead atoms. The summed E-state index contributed by atoms with van der Waals surface area (Å²) in [6, 6.07) is 4.21. The van der Waals surface area contributed by atoms with Gasteiger partial charge in [0.2, 0.25) is 0 Å². The lowest BCUT2D eigenvalue weighted by molar-refractivity contribution is 0.539. The van der Waals surface area contributed by atoms with Gasteiger partial charge in [0.05, 0.1) is 11.4 Å². The number of anilines is 2. The summed E-state index contributed by atoms with van der Waals surface area (Å²) in [5.74, 6) is 0. The van der Waals surface area contributed by atoms with E-state index in [0.29, 0.717) is 0 Å². The van der Waals surface area contributed by atoms with Crippen LogP contribution in [-0.4, -0.2) is 12.6 Å². The van der Waals surface area contributed by atoms with E-state index in [1.54, 1.807) is 0 Å². The van der Waals surface area contributed by atoms with E-state index in [0.717, 1.165) is 11.4 Å². The second kappa shape index (κ2) is 3.76. The molecule has 15 heavy (non-hydrogen) atoms. The minimum absolute atomic E-state index is 0.0931. The molecular formula is C13H22N2. The van der Waals surface area contributed by atoms with Gasteiger partial charge < -0.3 is 10.6 Å². The topological polar surface area (TPSA) is 29.3 Å². The van der Waals surface area contributed by atoms with Gasteiger partial charge in [-0.2, -0.15) is 0 Å². The summed E-state index contributed by atoms with van der Waals surface area (Å²) in [5.41, 5.74) is 10.6. The van der Waals surface area contributed by atoms with Crippen molar-refractivity contribution in [2.24, 2.45) is 0 Å². The molecule has 0 saturated heterocycles. The molecule has 2 heteroatoms. The maximum Gasteiger partial charge on any atom is 0.0604 e. The van der Waals surface area contributed by atoms with Crippen LogP contribution in [0.2, 0.25) is 0 Å². The van der Waals surface area contributed by atoms with Crippen molar-refractivity contribution in [2.45, 2.75) is 40.2 Å². The van der Waals surface area contributed by atoms with Crippen molar-refractivity contribution in [3.8, 4) is 0 Å². The predicted octanol–water partition coefficient (Wildman–Crippen LogP) is 3.12. The number of hydrogen-bond acceptors (Lipinski definition) is 2. The van der Waals surface area contributed by atoms with E-state index in [2.05, 4.69) is 52.6 Å². The second-order valence-corrected chi connectivity index (χ2v) is 5.23. The average Bonchev–Trinajstić information content (AvgIpc) is 2.08. The van der Waals surface area contributed by atoms with Gasteiger partial charge >= 0.3 is 0 Å². The molecule has 0 unspecified atom stereocenters. The molecule has 1 aromatic rings. The van der Waals surface area contributed by atoms with Crippen LogP contribution in [-0.2, 0) is 0 Å². The molecule has 84 valence electrons. The summed E-state index contributed by atoms with van der Waals surface area (Å²) in [6.45, 7) is 10.8. The molecular weight excluding hydrogens is 184 g/mol. The second-order valence-electron chi connectivity index (χ2n) is 5.23. The number of aryl methyl sites for hydroxylation is 2. The number of nitrogens with zero attached hydrogens (tertiary/aromatic N) is 1. The summed E-state index contributed by atoms with van der Waals surface area (Å²) in [6.07, 6.45) is 0. The van der Waals surface area contributed by atoms with Crippen LogP contribution in [0.15, 0.2) is 12.1 Å². The van der Waals surface area contributed by atoms with E-state index in [1.165, 1.54) is 11.1 Å². The maximum atomic E-state index is 6.05. The van der Waals surface area contributed by atoms with Crippen molar-refractivity contribution in [3.05, 3.63) is 23.3 Å². The fourth-order valence-corrected chi connectivity index (χ4v) is 1.48. The molecule has 1 rings (SSSR count). The highest BCUT2D eigenvalue weighted by molar-refractivity contribution is 5.70. The first-order valence-corrected chi connectivity index (χ1v) is 5.34. The third-order valence-electron chi connectivity index (χ3n) is 3.01. The van der Waals surface area contributed by atoms with Crippen LogP contribution in [0.4, 0.5) is 11.4 Å². The summed E-state index contributed by atoms with van der Waals surface area (Å²) in [5, 5.41) is 0. The normalized spacial score (nSPS) is 11.6. The Labute approximate surface area is 93.1 Å². The molecule has 0 aromatic heterocycles. The molecule has 0 aliphatic rings. The van der Waals surface area contributed by atoms with Crippen LogP contribution in [0.25, 0.3) is 0 Å². The van der Waals surface area contributed by atoms with Crippen LogP contribution in [0.3, 0.4) is 0 Å². The lowest BCUT2D eigenvalue weighted by atomic mass is 10.0. The van der Waals surface area contributed by atoms with Crippen LogP contribution in [0.1, 0.15) is 31.9 Å². The highest BCUT2D eigenvalue weighted by Crippen LogP contribution is 2.30. The predicted molar refractivity (Wildman–Crippen MR) is 68.5 cm³/mol. The number of nitrogens with two attached hydrogens (primary N) is 1. The third kappa shape index (κ3) is 2.44. The molecule has 0 spiro atoms. The van der Waals surface area contributed by atoms with E-state index < -0.39 is 0 Å². The van der Waals surface area contributed by atoms with Crippen LogP contribution >= 0.6 is 0 Å². The fourth-order valence-electron chi connectivity index (χ4n) is 1.48. The Bertz CT molecular complexity index is 362. The Morgan fingerprint density at radius 2 is 1.53 bits per heavy atom. The minimum Gasteiger partial charge on any atom is -0.397 e. The van der Waals surface area contributed by atoms with Gasteiger partial charge in [-0.05, 0) is 57.9 Å². The first-order chi connectivity index (χ1) is 6.73. The molecule has 0 atom stereocenters. The van der Waals surface area contributed by atoms with E-state index in [-0.39, 0.29) is 5.54 Å². The van der Waals surface area contributed by atoms with E-state index >= 15 is 0 Å². The zero-order valence-electron chi connectivity index (χ0n) is 10.7. The van der Waals surface area contributed by atoms with Crippen molar-refractivity contribution >= 4 is 11.4 Å². The zero-order valence-corrected chi connectivity index (χ0v) is 10.7. The number of rotatable bonds is 1. The van der Waals surface area contributed by atoms with Crippen molar-refractivity contribution in [2.75, 3.05) is 17.7 Å². The van der Waals surface area contributed by atoms with Gasteiger partial charge in [0, 0.05) is 12.6 Å². The molecule has 0 radical (unpaired) electrons. The molecule has 2 N–H and O–H groups in total. The number of hydrogen-bond donors (Lipinski definition) is 1. The first kappa shape index (κ1) is 11.9. The van der Waals surface area contributed by atoms with Gasteiger partial charge in [-0.3, -0.25) is 0 Å². The lowest BCUT2D eigenvalue weighted by Gasteiger charge is -2.35. The number of benzene rings is 1. The van der Waals surface area contributed by atoms with Gasteiger partial charge in [0.1, 0.15) is 0 Å². The summed E-state index contributed by atoms with van der Waals surface area (Å²) in [7, 11) is 2.08. The van der Waals surface area contributed by atoms with Crippen molar-refractivity contribution in [3.63, 3.8) is 0 Å². The largest absolute Gasteiger partial charge is 0.397 e. The Kier molecular flexibility index (Phi) is 2.98. The average molecular weight is 206 g/mol. The smallest absolute Gasteiger partial charge is 0.0604 e. The molecule has 0 amide bonds. The quantitative estimate of drug-likeness (QED) is 0.715. The number of nitrogen functional groups attached to an aromatic ring is 1. The highest BCUT2D eigenvalue weighted by atomic mass is 15.2. The molecule has 0 aliphatic carbocycles. The maximum absolute atomic E-state index is 6.05. The molecule has 0 aliphatic heterocycles. The Balaban J connectivity index is 3.21. The Morgan fingerprint density at radius 3 is 2.00 bits per heavy atom. The summed E-state index contributed by atoms with van der Waals surface area (Å²) >= 11 is 0. The van der Waals surface area contributed by atoms with Crippen LogP contribution in [0.5, 0.6) is 0 Å². The SMILES string of the molecule is Cc1cc(N)c(N(C)C(C)(C)C)cc1C. The summed E-state index contributed by atoms with van der Waals surface area (Å²) in [4.78, 5) is 2.22. The van der Waals surface area contributed by atoms with E-state index in [4.69, 9.17) is 5.73 Å². The highest BCUT2D eigenvalue weighted by Gasteiger charge is 2.19. The molecule has 1 aromatic carbocycles. The van der Waals surface area contributed by atoms with Gasteiger partial charge in [0.25, 0.3) is 0 Å². The van der Waals surface area contributed by atoms with Gasteiger partial charge in [-0.1, -0.05) is 0 Å². The summed E-state index contributed by atoms with van der Waals surface area (Å²) < 4.78 is 0. The lowest BCUT2D eigenvalue weighted by Crippen LogP contribution is -2.38. The standard InChI is InChI=1S/C13H22N2/c1-9-7-11(14)12(8-10(9)2)15(6)13(3,4)5/h7-8H,14H2,1-6H3. The zero-order chi connectivity index (χ0) is 11.8. The van der Waals surface area contributed by atoms with Crippen molar-refractivity contribution in [1.29, 1.82) is 0 Å². The molecule has 0 saturated carbocycles. The third-order valence-corrected chi connectivity index (χ3v) is 3.01. The Hall–Kier alpha value is -1.18. The van der Waals surface area contributed by atoms with Gasteiger partial charge in [-0.25, -0.2) is 0 Å². The molecule has 0 heterocycles. The van der Waals surface area contributed by atoms with Crippen molar-refractivity contribution in [1.82, 2.24) is 0 Å². The Morgan fingerprint density at radius 1 is 1.07 bits per heavy atom. The van der Waals surface area contributed by atoms with E-state index in [9.17, 15) is 0 Å². The van der Waals surface area contributed by atoms with Crippen molar-refractivity contribution < 1.29 is 0 Å². The first-order valence-electron chi connectivity index (χ1n) is 5.34.